The maximum atomic E-state index is 13.0. The van der Waals surface area contributed by atoms with E-state index in [1.807, 2.05) is 0 Å². The number of methoxy groups -OCH3 is 1. The minimum absolute atomic E-state index is 0.0277. The van der Waals surface area contributed by atoms with Gasteiger partial charge in [-0.25, -0.2) is 8.42 Å². The third-order valence-electron chi connectivity index (χ3n) is 5.24. The predicted molar refractivity (Wildman–Crippen MR) is 119 cm³/mol. The molecule has 32 heavy (non-hydrogen) atoms. The first-order chi connectivity index (χ1) is 15.3. The van der Waals surface area contributed by atoms with Crippen molar-refractivity contribution in [2.75, 3.05) is 44.8 Å². The first-order valence-electron chi connectivity index (χ1n) is 10.1. The lowest BCUT2D eigenvalue weighted by atomic mass is 10.2. The molecule has 1 saturated heterocycles. The molecule has 1 unspecified atom stereocenters. The highest BCUT2D eigenvalue weighted by Gasteiger charge is 2.26. The molecule has 1 aliphatic heterocycles. The average molecular weight is 462 g/mol. The molecule has 0 aromatic heterocycles. The minimum atomic E-state index is -3.87. The van der Waals surface area contributed by atoms with Crippen molar-refractivity contribution in [2.24, 2.45) is 0 Å². The molecule has 0 radical (unpaired) electrons. The van der Waals surface area contributed by atoms with Gasteiger partial charge >= 0.3 is 0 Å². The molecule has 1 heterocycles. The number of morpholine rings is 1. The molecule has 172 valence electrons. The van der Waals surface area contributed by atoms with Crippen LogP contribution in [0.4, 0.5) is 5.69 Å². The van der Waals surface area contributed by atoms with Crippen LogP contribution in [0.25, 0.3) is 0 Å². The molecular weight excluding hydrogens is 434 g/mol. The number of nitrogens with one attached hydrogen (secondary N) is 1. The van der Waals surface area contributed by atoms with Crippen LogP contribution in [-0.2, 0) is 19.6 Å². The summed E-state index contributed by atoms with van der Waals surface area (Å²) in [4.78, 5) is 26.7. The lowest BCUT2D eigenvalue weighted by Crippen LogP contribution is -2.50. The van der Waals surface area contributed by atoms with Crippen LogP contribution in [0.2, 0.25) is 0 Å². The largest absolute Gasteiger partial charge is 0.495 e. The van der Waals surface area contributed by atoms with E-state index in [2.05, 4.69) is 5.32 Å². The van der Waals surface area contributed by atoms with Crippen LogP contribution in [0.3, 0.4) is 0 Å². The fraction of sp³-hybridized carbons (Fsp3) is 0.364. The van der Waals surface area contributed by atoms with E-state index in [4.69, 9.17) is 9.47 Å². The molecule has 2 amide bonds. The molecule has 0 aliphatic carbocycles. The van der Waals surface area contributed by atoms with Gasteiger partial charge in [0.1, 0.15) is 11.8 Å². The van der Waals surface area contributed by atoms with E-state index >= 15 is 0 Å². The highest BCUT2D eigenvalue weighted by molar-refractivity contribution is 7.92. The molecule has 0 bridgehead atoms. The van der Waals surface area contributed by atoms with E-state index < -0.39 is 22.0 Å². The van der Waals surface area contributed by atoms with Gasteiger partial charge in [-0.15, -0.1) is 0 Å². The van der Waals surface area contributed by atoms with Gasteiger partial charge in [0, 0.05) is 25.7 Å². The Hall–Kier alpha value is -3.11. The van der Waals surface area contributed by atoms with E-state index in [0.717, 1.165) is 4.31 Å². The third-order valence-corrected chi connectivity index (χ3v) is 7.03. The molecule has 1 fully saturated rings. The molecule has 10 heteroatoms. The van der Waals surface area contributed by atoms with Crippen molar-refractivity contribution in [2.45, 2.75) is 17.9 Å². The Morgan fingerprint density at radius 3 is 2.34 bits per heavy atom. The van der Waals surface area contributed by atoms with Gasteiger partial charge in [-0.2, -0.15) is 0 Å². The van der Waals surface area contributed by atoms with Gasteiger partial charge in [0.05, 0.1) is 30.9 Å². The summed E-state index contributed by atoms with van der Waals surface area (Å²) in [5, 5.41) is 2.67. The van der Waals surface area contributed by atoms with Gasteiger partial charge in [-0.05, 0) is 43.3 Å². The number of anilines is 1. The molecule has 1 aliphatic rings. The Bertz CT molecular complexity index is 1070. The summed E-state index contributed by atoms with van der Waals surface area (Å²) in [5.41, 5.74) is 0.651. The lowest BCUT2D eigenvalue weighted by molar-refractivity contribution is -0.136. The standard InChI is InChI=1S/C22H27N3O6S/c1-16(22(27)25-12-14-31-15-13-25)23-21(26)17-8-10-18(11-9-17)32(28,29)24(2)19-6-4-5-7-20(19)30-3/h4-11,16H,12-15H2,1-3H3,(H,23,26). The number of para-hydroxylation sites is 2. The molecular formula is C22H27N3O6S. The Morgan fingerprint density at radius 2 is 1.72 bits per heavy atom. The molecule has 0 saturated carbocycles. The van der Waals surface area contributed by atoms with Crippen molar-refractivity contribution in [3.05, 3.63) is 54.1 Å². The van der Waals surface area contributed by atoms with Gasteiger partial charge in [-0.3, -0.25) is 13.9 Å². The van der Waals surface area contributed by atoms with E-state index in [-0.39, 0.29) is 16.4 Å². The van der Waals surface area contributed by atoms with Gasteiger partial charge in [-0.1, -0.05) is 12.1 Å². The van der Waals surface area contributed by atoms with Gasteiger partial charge < -0.3 is 19.7 Å². The average Bonchev–Trinajstić information content (AvgIpc) is 2.83. The lowest BCUT2D eigenvalue weighted by Gasteiger charge is -2.29. The first kappa shape index (κ1) is 23.6. The molecule has 9 nitrogen and oxygen atoms in total. The number of rotatable bonds is 7. The number of carbonyl (C=O) groups is 2. The summed E-state index contributed by atoms with van der Waals surface area (Å²) in [7, 11) is -0.962. The normalized spacial score (nSPS) is 15.0. The van der Waals surface area contributed by atoms with Gasteiger partial charge in [0.25, 0.3) is 15.9 Å². The van der Waals surface area contributed by atoms with Crippen LogP contribution in [0.1, 0.15) is 17.3 Å². The second-order valence-electron chi connectivity index (χ2n) is 7.30. The summed E-state index contributed by atoms with van der Waals surface area (Å²) < 4.78 is 37.7. The highest BCUT2D eigenvalue weighted by atomic mass is 32.2. The number of benzene rings is 2. The van der Waals surface area contributed by atoms with Gasteiger partial charge in [0.2, 0.25) is 5.91 Å². The molecule has 1 atom stereocenters. The SMILES string of the molecule is COc1ccccc1N(C)S(=O)(=O)c1ccc(C(=O)NC(C)C(=O)N2CCOCC2)cc1. The van der Waals surface area contributed by atoms with E-state index in [1.54, 1.807) is 36.1 Å². The van der Waals surface area contributed by atoms with Crippen LogP contribution < -0.4 is 14.4 Å². The maximum Gasteiger partial charge on any atom is 0.264 e. The minimum Gasteiger partial charge on any atom is -0.495 e. The first-order valence-corrected chi connectivity index (χ1v) is 11.6. The van der Waals surface area contributed by atoms with Crippen LogP contribution >= 0.6 is 0 Å². The zero-order valence-corrected chi connectivity index (χ0v) is 19.1. The molecule has 1 N–H and O–H groups in total. The quantitative estimate of drug-likeness (QED) is 0.670. The van der Waals surface area contributed by atoms with Crippen molar-refractivity contribution >= 4 is 27.5 Å². The zero-order chi connectivity index (χ0) is 23.3. The Kier molecular flexibility index (Phi) is 7.37. The predicted octanol–water partition coefficient (Wildman–Crippen LogP) is 1.50. The molecule has 2 aromatic rings. The molecule has 2 aromatic carbocycles. The van der Waals surface area contributed by atoms with E-state index in [0.29, 0.717) is 37.7 Å². The van der Waals surface area contributed by atoms with E-state index in [1.165, 1.54) is 38.4 Å². The van der Waals surface area contributed by atoms with Crippen LogP contribution in [0.5, 0.6) is 5.75 Å². The second-order valence-corrected chi connectivity index (χ2v) is 9.27. The number of amides is 2. The van der Waals surface area contributed by atoms with Crippen molar-refractivity contribution < 1.29 is 27.5 Å². The van der Waals surface area contributed by atoms with E-state index in [9.17, 15) is 18.0 Å². The van der Waals surface area contributed by atoms with Crippen LogP contribution in [-0.4, -0.2) is 71.6 Å². The third kappa shape index (κ3) is 5.03. The van der Waals surface area contributed by atoms with Crippen molar-refractivity contribution in [1.82, 2.24) is 10.2 Å². The number of hydrogen-bond acceptors (Lipinski definition) is 6. The Balaban J connectivity index is 1.70. The molecule has 0 spiro atoms. The number of sulfonamides is 1. The maximum absolute atomic E-state index is 13.0. The fourth-order valence-electron chi connectivity index (χ4n) is 3.36. The smallest absolute Gasteiger partial charge is 0.264 e. The summed E-state index contributed by atoms with van der Waals surface area (Å²) in [5.74, 6) is -0.214. The second kappa shape index (κ2) is 10.0. The summed E-state index contributed by atoms with van der Waals surface area (Å²) >= 11 is 0. The zero-order valence-electron chi connectivity index (χ0n) is 18.3. The van der Waals surface area contributed by atoms with Gasteiger partial charge in [0.15, 0.2) is 0 Å². The van der Waals surface area contributed by atoms with Crippen molar-refractivity contribution in [3.8, 4) is 5.75 Å². The number of carbonyl (C=O) groups excluding carboxylic acids is 2. The summed E-state index contributed by atoms with van der Waals surface area (Å²) in [6.07, 6.45) is 0. The number of ether oxygens (including phenoxy) is 2. The number of nitrogens with zero attached hydrogens (tertiary/aromatic N) is 2. The summed E-state index contributed by atoms with van der Waals surface area (Å²) in [6.45, 7) is 3.56. The van der Waals surface area contributed by atoms with Crippen LogP contribution in [0.15, 0.2) is 53.4 Å². The molecule has 3 rings (SSSR count). The Labute approximate surface area is 188 Å². The summed E-state index contributed by atoms with van der Waals surface area (Å²) in [6, 6.07) is 11.7. The highest BCUT2D eigenvalue weighted by Crippen LogP contribution is 2.30. The van der Waals surface area contributed by atoms with Crippen molar-refractivity contribution in [1.29, 1.82) is 0 Å². The monoisotopic (exact) mass is 461 g/mol. The topological polar surface area (TPSA) is 105 Å². The Morgan fingerprint density at radius 1 is 1.09 bits per heavy atom. The van der Waals surface area contributed by atoms with Crippen molar-refractivity contribution in [3.63, 3.8) is 0 Å². The fourth-order valence-corrected chi connectivity index (χ4v) is 4.56. The van der Waals surface area contributed by atoms with Crippen LogP contribution in [0, 0.1) is 0 Å². The number of hydrogen-bond donors (Lipinski definition) is 1.